The van der Waals surface area contributed by atoms with Gasteiger partial charge in [0.05, 0.1) is 10.7 Å². The molecule has 100 valence electrons. The molecule has 0 fully saturated rings. The number of nitrogens with one attached hydrogen (secondary N) is 1. The Morgan fingerprint density at radius 3 is 3.16 bits per heavy atom. The molecule has 1 aliphatic carbocycles. The number of nitrogens with zero attached hydrogens (tertiary/aromatic N) is 3. The molecule has 0 spiro atoms. The Morgan fingerprint density at radius 1 is 1.53 bits per heavy atom. The van der Waals surface area contributed by atoms with E-state index in [-0.39, 0.29) is 5.91 Å². The quantitative estimate of drug-likeness (QED) is 0.916. The fourth-order valence-electron chi connectivity index (χ4n) is 2.32. The van der Waals surface area contributed by atoms with Crippen molar-refractivity contribution in [3.05, 3.63) is 33.5 Å². The van der Waals surface area contributed by atoms with Gasteiger partial charge in [0.25, 0.3) is 5.91 Å². The van der Waals surface area contributed by atoms with Gasteiger partial charge in [0.2, 0.25) is 0 Å². The van der Waals surface area contributed by atoms with E-state index in [0.29, 0.717) is 12.2 Å². The maximum Gasteiger partial charge on any atom is 0.269 e. The first-order valence-electron chi connectivity index (χ1n) is 6.47. The Kier molecular flexibility index (Phi) is 3.33. The van der Waals surface area contributed by atoms with Gasteiger partial charge >= 0.3 is 0 Å². The van der Waals surface area contributed by atoms with Crippen LogP contribution in [0.3, 0.4) is 0 Å². The number of carbonyl (C=O) groups excluding carboxylic acids is 1. The first-order valence-corrected chi connectivity index (χ1v) is 7.29. The lowest BCUT2D eigenvalue weighted by atomic mass is 10.3. The molecule has 5 nitrogen and oxygen atoms in total. The molecule has 6 heteroatoms. The number of fused-ring (bicyclic) bond motifs is 1. The minimum Gasteiger partial charge on any atom is -0.350 e. The molecule has 0 radical (unpaired) electrons. The molecule has 0 atom stereocenters. The fraction of sp³-hybridized carbons (Fsp3) is 0.462. The molecule has 2 aromatic heterocycles. The summed E-state index contributed by atoms with van der Waals surface area (Å²) in [7, 11) is 1.76. The largest absolute Gasteiger partial charge is 0.350 e. The minimum atomic E-state index is -0.0795. The highest BCUT2D eigenvalue weighted by Crippen LogP contribution is 2.27. The molecule has 3 rings (SSSR count). The SMILES string of the molecule is Cn1nccc1C(=O)NCCc1nc2c(s1)CCC2. The summed E-state index contributed by atoms with van der Waals surface area (Å²) in [5.74, 6) is -0.0795. The number of hydrogen-bond acceptors (Lipinski definition) is 4. The summed E-state index contributed by atoms with van der Waals surface area (Å²) in [5.41, 5.74) is 1.86. The number of aryl methyl sites for hydroxylation is 3. The number of aromatic nitrogens is 3. The molecule has 1 amide bonds. The number of hydrogen-bond donors (Lipinski definition) is 1. The number of thiazole rings is 1. The van der Waals surface area contributed by atoms with E-state index in [1.165, 1.54) is 23.4 Å². The standard InChI is InChI=1S/C13H16N4OS/c1-17-10(5-8-15-17)13(18)14-7-6-12-16-9-3-2-4-11(9)19-12/h5,8H,2-4,6-7H2,1H3,(H,14,18). The zero-order chi connectivity index (χ0) is 13.2. The van der Waals surface area contributed by atoms with E-state index >= 15 is 0 Å². The van der Waals surface area contributed by atoms with Gasteiger partial charge in [0, 0.05) is 31.1 Å². The van der Waals surface area contributed by atoms with Crippen LogP contribution in [0.5, 0.6) is 0 Å². The summed E-state index contributed by atoms with van der Waals surface area (Å²) < 4.78 is 1.58. The van der Waals surface area contributed by atoms with Crippen LogP contribution in [0.2, 0.25) is 0 Å². The van der Waals surface area contributed by atoms with Crippen molar-refractivity contribution >= 4 is 17.2 Å². The first-order chi connectivity index (χ1) is 9.24. The van der Waals surface area contributed by atoms with E-state index in [0.717, 1.165) is 17.8 Å². The number of rotatable bonds is 4. The average molecular weight is 276 g/mol. The maximum atomic E-state index is 11.9. The predicted octanol–water partition coefficient (Wildman–Crippen LogP) is 1.34. The lowest BCUT2D eigenvalue weighted by Gasteiger charge is -2.03. The summed E-state index contributed by atoms with van der Waals surface area (Å²) >= 11 is 1.79. The normalized spacial score (nSPS) is 13.5. The van der Waals surface area contributed by atoms with E-state index in [4.69, 9.17) is 0 Å². The van der Waals surface area contributed by atoms with Crippen molar-refractivity contribution in [3.63, 3.8) is 0 Å². The van der Waals surface area contributed by atoms with E-state index < -0.39 is 0 Å². The third kappa shape index (κ3) is 2.53. The summed E-state index contributed by atoms with van der Waals surface area (Å²) in [4.78, 5) is 17.9. The lowest BCUT2D eigenvalue weighted by molar-refractivity contribution is 0.0945. The Hall–Kier alpha value is -1.69. The van der Waals surface area contributed by atoms with Crippen molar-refractivity contribution in [2.24, 2.45) is 7.05 Å². The van der Waals surface area contributed by atoms with E-state index in [1.54, 1.807) is 35.3 Å². The summed E-state index contributed by atoms with van der Waals surface area (Å²) in [6.07, 6.45) is 5.97. The van der Waals surface area contributed by atoms with E-state index in [1.807, 2.05) is 0 Å². The Labute approximate surface area is 115 Å². The molecule has 1 aliphatic rings. The van der Waals surface area contributed by atoms with Crippen molar-refractivity contribution in [3.8, 4) is 0 Å². The molecule has 0 saturated heterocycles. The van der Waals surface area contributed by atoms with Crippen molar-refractivity contribution in [1.82, 2.24) is 20.1 Å². The van der Waals surface area contributed by atoms with Crippen molar-refractivity contribution in [1.29, 1.82) is 0 Å². The zero-order valence-electron chi connectivity index (χ0n) is 10.8. The van der Waals surface area contributed by atoms with Gasteiger partial charge in [-0.2, -0.15) is 5.10 Å². The van der Waals surface area contributed by atoms with Crippen LogP contribution in [-0.4, -0.2) is 27.2 Å². The highest BCUT2D eigenvalue weighted by molar-refractivity contribution is 7.11. The first kappa shape index (κ1) is 12.3. The van der Waals surface area contributed by atoms with Crippen LogP contribution in [-0.2, 0) is 26.3 Å². The molecule has 0 saturated carbocycles. The second-order valence-corrected chi connectivity index (χ2v) is 5.85. The maximum absolute atomic E-state index is 11.9. The molecule has 19 heavy (non-hydrogen) atoms. The zero-order valence-corrected chi connectivity index (χ0v) is 11.7. The van der Waals surface area contributed by atoms with Crippen LogP contribution in [0.4, 0.5) is 0 Å². The Morgan fingerprint density at radius 2 is 2.42 bits per heavy atom. The monoisotopic (exact) mass is 276 g/mol. The molecule has 0 unspecified atom stereocenters. The fourth-order valence-corrected chi connectivity index (χ4v) is 3.48. The van der Waals surface area contributed by atoms with Gasteiger partial charge in [-0.05, 0) is 25.3 Å². The van der Waals surface area contributed by atoms with Gasteiger partial charge in [-0.1, -0.05) is 0 Å². The summed E-state index contributed by atoms with van der Waals surface area (Å²) in [6, 6.07) is 1.72. The second-order valence-electron chi connectivity index (χ2n) is 4.68. The summed E-state index contributed by atoms with van der Waals surface area (Å²) in [5, 5.41) is 8.02. The highest BCUT2D eigenvalue weighted by atomic mass is 32.1. The summed E-state index contributed by atoms with van der Waals surface area (Å²) in [6.45, 7) is 0.621. The average Bonchev–Trinajstić information content (AvgIpc) is 3.03. The van der Waals surface area contributed by atoms with Crippen molar-refractivity contribution in [2.45, 2.75) is 25.7 Å². The van der Waals surface area contributed by atoms with Crippen LogP contribution in [0, 0.1) is 0 Å². The van der Waals surface area contributed by atoms with Crippen LogP contribution in [0.15, 0.2) is 12.3 Å². The van der Waals surface area contributed by atoms with Gasteiger partial charge in [-0.15, -0.1) is 11.3 Å². The second kappa shape index (κ2) is 5.13. The van der Waals surface area contributed by atoms with Crippen molar-refractivity contribution < 1.29 is 4.79 Å². The molecular formula is C13H16N4OS. The van der Waals surface area contributed by atoms with Gasteiger partial charge in [0.15, 0.2) is 0 Å². The minimum absolute atomic E-state index is 0.0795. The predicted molar refractivity (Wildman–Crippen MR) is 73.4 cm³/mol. The number of carbonyl (C=O) groups is 1. The molecule has 1 N–H and O–H groups in total. The van der Waals surface area contributed by atoms with Crippen LogP contribution >= 0.6 is 11.3 Å². The van der Waals surface area contributed by atoms with Gasteiger partial charge in [-0.25, -0.2) is 4.98 Å². The third-order valence-corrected chi connectivity index (χ3v) is 4.54. The molecule has 2 aromatic rings. The highest BCUT2D eigenvalue weighted by Gasteiger charge is 2.16. The van der Waals surface area contributed by atoms with Crippen molar-refractivity contribution in [2.75, 3.05) is 6.54 Å². The van der Waals surface area contributed by atoms with E-state index in [9.17, 15) is 4.79 Å². The van der Waals surface area contributed by atoms with Gasteiger partial charge in [-0.3, -0.25) is 9.48 Å². The molecule has 2 heterocycles. The van der Waals surface area contributed by atoms with E-state index in [2.05, 4.69) is 15.4 Å². The number of amides is 1. The molecular weight excluding hydrogens is 260 g/mol. The van der Waals surface area contributed by atoms with Crippen LogP contribution < -0.4 is 5.32 Å². The smallest absolute Gasteiger partial charge is 0.269 e. The van der Waals surface area contributed by atoms with Gasteiger partial charge in [0.1, 0.15) is 5.69 Å². The van der Waals surface area contributed by atoms with Crippen LogP contribution in [0.25, 0.3) is 0 Å². The Bertz CT molecular complexity index is 580. The third-order valence-electron chi connectivity index (χ3n) is 3.32. The molecule has 0 bridgehead atoms. The van der Waals surface area contributed by atoms with Gasteiger partial charge < -0.3 is 5.32 Å². The lowest BCUT2D eigenvalue weighted by Crippen LogP contribution is -2.27. The Balaban J connectivity index is 1.53. The molecule has 0 aromatic carbocycles. The topological polar surface area (TPSA) is 59.8 Å². The molecule has 0 aliphatic heterocycles. The van der Waals surface area contributed by atoms with Crippen LogP contribution in [0.1, 0.15) is 32.5 Å².